The number of carboxylic acid groups (broad SMARTS) is 1. The third-order valence-electron chi connectivity index (χ3n) is 3.62. The lowest BCUT2D eigenvalue weighted by molar-refractivity contribution is -0.137. The van der Waals surface area contributed by atoms with Crippen LogP contribution in [0.3, 0.4) is 0 Å². The summed E-state index contributed by atoms with van der Waals surface area (Å²) in [5.41, 5.74) is 0.639. The first kappa shape index (κ1) is 17.8. The first-order valence-electron chi connectivity index (χ1n) is 7.99. The zero-order chi connectivity index (χ0) is 17.5. The van der Waals surface area contributed by atoms with Crippen molar-refractivity contribution >= 4 is 23.5 Å². The number of rotatable bonds is 9. The molecule has 3 N–H and O–H groups in total. The van der Waals surface area contributed by atoms with Crippen LogP contribution in [0.4, 0.5) is 5.69 Å². The second-order valence-corrected chi connectivity index (χ2v) is 5.98. The van der Waals surface area contributed by atoms with Crippen LogP contribution < -0.4 is 15.4 Å². The number of carboxylic acids is 1. The molecule has 0 heterocycles. The van der Waals surface area contributed by atoms with Gasteiger partial charge in [0, 0.05) is 30.1 Å². The van der Waals surface area contributed by atoms with Gasteiger partial charge in [0.15, 0.2) is 6.61 Å². The van der Waals surface area contributed by atoms with Gasteiger partial charge in [-0.1, -0.05) is 6.07 Å². The predicted molar refractivity (Wildman–Crippen MR) is 87.8 cm³/mol. The Morgan fingerprint density at radius 2 is 2.08 bits per heavy atom. The van der Waals surface area contributed by atoms with Gasteiger partial charge in [0.1, 0.15) is 5.75 Å². The molecular weight excluding hydrogens is 312 g/mol. The summed E-state index contributed by atoms with van der Waals surface area (Å²) in [6, 6.07) is 6.64. The highest BCUT2D eigenvalue weighted by atomic mass is 16.5. The van der Waals surface area contributed by atoms with Crippen LogP contribution >= 0.6 is 0 Å². The Balaban J connectivity index is 1.75. The Hall–Kier alpha value is -2.57. The maximum Gasteiger partial charge on any atom is 0.303 e. The van der Waals surface area contributed by atoms with E-state index in [0.29, 0.717) is 17.9 Å². The van der Waals surface area contributed by atoms with Gasteiger partial charge >= 0.3 is 5.97 Å². The molecule has 2 amide bonds. The standard InChI is InChI=1S/C17H22N2O5/c1-11(5-8-16(21)22)18-15(20)10-24-14-4-2-3-13(9-14)19-17(23)12-6-7-12/h2-4,9,11-12H,5-8,10H2,1H3,(H,18,20)(H,19,23)(H,21,22). The van der Waals surface area contributed by atoms with E-state index < -0.39 is 5.97 Å². The second kappa shape index (κ2) is 8.33. The molecule has 24 heavy (non-hydrogen) atoms. The van der Waals surface area contributed by atoms with E-state index in [9.17, 15) is 14.4 Å². The highest BCUT2D eigenvalue weighted by molar-refractivity contribution is 5.94. The summed E-state index contributed by atoms with van der Waals surface area (Å²) in [6.07, 6.45) is 2.24. The summed E-state index contributed by atoms with van der Waals surface area (Å²) in [4.78, 5) is 34.0. The van der Waals surface area contributed by atoms with Crippen molar-refractivity contribution in [3.05, 3.63) is 24.3 Å². The molecule has 0 aliphatic heterocycles. The van der Waals surface area contributed by atoms with E-state index in [4.69, 9.17) is 9.84 Å². The minimum Gasteiger partial charge on any atom is -0.484 e. The highest BCUT2D eigenvalue weighted by Gasteiger charge is 2.29. The normalized spacial score (nSPS) is 14.5. The van der Waals surface area contributed by atoms with Crippen LogP contribution in [0.1, 0.15) is 32.6 Å². The zero-order valence-electron chi connectivity index (χ0n) is 13.6. The molecule has 0 aromatic heterocycles. The van der Waals surface area contributed by atoms with Gasteiger partial charge in [0.25, 0.3) is 5.91 Å². The summed E-state index contributed by atoms with van der Waals surface area (Å²) < 4.78 is 5.41. The average molecular weight is 334 g/mol. The molecule has 130 valence electrons. The van der Waals surface area contributed by atoms with E-state index in [1.54, 1.807) is 31.2 Å². The molecule has 0 bridgehead atoms. The van der Waals surface area contributed by atoms with Gasteiger partial charge in [-0.15, -0.1) is 0 Å². The van der Waals surface area contributed by atoms with Crippen molar-refractivity contribution in [2.45, 2.75) is 38.6 Å². The first-order chi connectivity index (χ1) is 11.4. The summed E-state index contributed by atoms with van der Waals surface area (Å²) in [7, 11) is 0. The Kier molecular flexibility index (Phi) is 6.17. The lowest BCUT2D eigenvalue weighted by atomic mass is 10.2. The van der Waals surface area contributed by atoms with Crippen LogP contribution in [0.25, 0.3) is 0 Å². The number of nitrogens with one attached hydrogen (secondary N) is 2. The smallest absolute Gasteiger partial charge is 0.303 e. The molecule has 1 aliphatic carbocycles. The molecule has 7 nitrogen and oxygen atoms in total. The van der Waals surface area contributed by atoms with Crippen LogP contribution in [0.2, 0.25) is 0 Å². The van der Waals surface area contributed by atoms with Crippen LogP contribution in [-0.4, -0.2) is 35.5 Å². The average Bonchev–Trinajstić information content (AvgIpc) is 3.36. The van der Waals surface area contributed by atoms with Crippen molar-refractivity contribution < 1.29 is 24.2 Å². The molecule has 0 radical (unpaired) electrons. The molecule has 2 rings (SSSR count). The Bertz CT molecular complexity index is 613. The number of carbonyl (C=O) groups excluding carboxylic acids is 2. The van der Waals surface area contributed by atoms with Crippen LogP contribution in [0.5, 0.6) is 5.75 Å². The van der Waals surface area contributed by atoms with Gasteiger partial charge in [0.05, 0.1) is 0 Å². The largest absolute Gasteiger partial charge is 0.484 e. The monoisotopic (exact) mass is 334 g/mol. The minimum absolute atomic E-state index is 0.00500. The minimum atomic E-state index is -0.891. The van der Waals surface area contributed by atoms with E-state index >= 15 is 0 Å². The molecule has 0 saturated heterocycles. The molecular formula is C17H22N2O5. The topological polar surface area (TPSA) is 105 Å². The van der Waals surface area contributed by atoms with Crippen LogP contribution in [0, 0.1) is 5.92 Å². The molecule has 1 aromatic carbocycles. The third kappa shape index (κ3) is 6.28. The van der Waals surface area contributed by atoms with Crippen molar-refractivity contribution in [2.75, 3.05) is 11.9 Å². The lowest BCUT2D eigenvalue weighted by Crippen LogP contribution is -2.36. The molecule has 1 aromatic rings. The Labute approximate surface area is 140 Å². The number of hydrogen-bond donors (Lipinski definition) is 3. The number of ether oxygens (including phenoxy) is 1. The molecule has 1 atom stereocenters. The van der Waals surface area contributed by atoms with Gasteiger partial charge in [-0.25, -0.2) is 0 Å². The van der Waals surface area contributed by atoms with Gasteiger partial charge in [-0.2, -0.15) is 0 Å². The maximum atomic E-state index is 11.8. The van der Waals surface area contributed by atoms with Crippen LogP contribution in [-0.2, 0) is 14.4 Å². The van der Waals surface area contributed by atoms with E-state index in [-0.39, 0.29) is 36.8 Å². The van der Waals surface area contributed by atoms with Crippen molar-refractivity contribution in [3.63, 3.8) is 0 Å². The van der Waals surface area contributed by atoms with Gasteiger partial charge in [0.2, 0.25) is 5.91 Å². The maximum absolute atomic E-state index is 11.8. The molecule has 1 aliphatic rings. The number of anilines is 1. The zero-order valence-corrected chi connectivity index (χ0v) is 13.6. The van der Waals surface area contributed by atoms with E-state index in [0.717, 1.165) is 12.8 Å². The SMILES string of the molecule is CC(CCC(=O)O)NC(=O)COc1cccc(NC(=O)C2CC2)c1. The lowest BCUT2D eigenvalue weighted by Gasteiger charge is -2.13. The quantitative estimate of drug-likeness (QED) is 0.638. The number of benzene rings is 1. The number of aliphatic carboxylic acids is 1. The first-order valence-corrected chi connectivity index (χ1v) is 7.99. The number of amides is 2. The van der Waals surface area contributed by atoms with E-state index in [2.05, 4.69) is 10.6 Å². The molecule has 7 heteroatoms. The summed E-state index contributed by atoms with van der Waals surface area (Å²) in [5.74, 6) is -0.598. The van der Waals surface area contributed by atoms with Crippen molar-refractivity contribution in [1.29, 1.82) is 0 Å². The highest BCUT2D eigenvalue weighted by Crippen LogP contribution is 2.30. The fourth-order valence-corrected chi connectivity index (χ4v) is 2.13. The molecule has 1 fully saturated rings. The summed E-state index contributed by atoms with van der Waals surface area (Å²) in [6.45, 7) is 1.58. The second-order valence-electron chi connectivity index (χ2n) is 5.98. The number of hydrogen-bond acceptors (Lipinski definition) is 4. The predicted octanol–water partition coefficient (Wildman–Crippen LogP) is 1.78. The van der Waals surface area contributed by atoms with Gasteiger partial charge in [-0.3, -0.25) is 14.4 Å². The van der Waals surface area contributed by atoms with E-state index in [1.165, 1.54) is 0 Å². The molecule has 1 saturated carbocycles. The Morgan fingerprint density at radius 1 is 1.33 bits per heavy atom. The Morgan fingerprint density at radius 3 is 2.75 bits per heavy atom. The van der Waals surface area contributed by atoms with Crippen LogP contribution in [0.15, 0.2) is 24.3 Å². The molecule has 1 unspecified atom stereocenters. The fraction of sp³-hybridized carbons (Fsp3) is 0.471. The fourth-order valence-electron chi connectivity index (χ4n) is 2.13. The number of carbonyl (C=O) groups is 3. The van der Waals surface area contributed by atoms with Gasteiger partial charge < -0.3 is 20.5 Å². The van der Waals surface area contributed by atoms with Crippen molar-refractivity contribution in [1.82, 2.24) is 5.32 Å². The summed E-state index contributed by atoms with van der Waals surface area (Å²) >= 11 is 0. The van der Waals surface area contributed by atoms with Crippen molar-refractivity contribution in [3.8, 4) is 5.75 Å². The molecule has 0 spiro atoms. The van der Waals surface area contributed by atoms with Gasteiger partial charge in [-0.05, 0) is 38.3 Å². The van der Waals surface area contributed by atoms with Crippen molar-refractivity contribution in [2.24, 2.45) is 5.92 Å². The van der Waals surface area contributed by atoms with E-state index in [1.807, 2.05) is 0 Å². The third-order valence-corrected chi connectivity index (χ3v) is 3.62. The summed E-state index contributed by atoms with van der Waals surface area (Å²) in [5, 5.41) is 14.1.